The number of anilines is 1. The van der Waals surface area contributed by atoms with Gasteiger partial charge in [-0.25, -0.2) is 12.8 Å². The third kappa shape index (κ3) is 8.24. The first-order chi connectivity index (χ1) is 16.5. The van der Waals surface area contributed by atoms with Crippen LogP contribution in [-0.2, 0) is 26.2 Å². The number of carbonyl (C=O) groups is 2. The first kappa shape index (κ1) is 28.1. The minimum Gasteiger partial charge on any atom is -0.497 e. The minimum absolute atomic E-state index is 0.0301. The zero-order valence-electron chi connectivity index (χ0n) is 20.8. The summed E-state index contributed by atoms with van der Waals surface area (Å²) in [6, 6.07) is 11.2. The van der Waals surface area contributed by atoms with Crippen LogP contribution in [0.25, 0.3) is 0 Å². The fourth-order valence-electron chi connectivity index (χ4n) is 3.51. The highest BCUT2D eigenvalue weighted by atomic mass is 32.2. The molecule has 0 spiro atoms. The van der Waals surface area contributed by atoms with Gasteiger partial charge < -0.3 is 15.0 Å². The van der Waals surface area contributed by atoms with Gasteiger partial charge in [-0.1, -0.05) is 39.0 Å². The lowest BCUT2D eigenvalue weighted by molar-refractivity contribution is -0.140. The Morgan fingerprint density at radius 2 is 1.77 bits per heavy atom. The van der Waals surface area contributed by atoms with E-state index >= 15 is 0 Å². The summed E-state index contributed by atoms with van der Waals surface area (Å²) in [5.74, 6) is -0.668. The van der Waals surface area contributed by atoms with Crippen LogP contribution in [0.15, 0.2) is 48.5 Å². The number of nitrogens with zero attached hydrogens (tertiary/aromatic N) is 2. The van der Waals surface area contributed by atoms with Crippen molar-refractivity contribution in [2.24, 2.45) is 5.92 Å². The molecule has 1 atom stereocenters. The molecule has 35 heavy (non-hydrogen) atoms. The molecule has 2 aromatic rings. The molecule has 0 saturated carbocycles. The predicted molar refractivity (Wildman–Crippen MR) is 134 cm³/mol. The summed E-state index contributed by atoms with van der Waals surface area (Å²) in [7, 11) is -2.37. The highest BCUT2D eigenvalue weighted by Crippen LogP contribution is 2.21. The number of nitrogens with one attached hydrogen (secondary N) is 1. The normalized spacial score (nSPS) is 12.2. The summed E-state index contributed by atoms with van der Waals surface area (Å²) >= 11 is 0. The second-order valence-electron chi connectivity index (χ2n) is 8.68. The molecule has 1 N–H and O–H groups in total. The lowest BCUT2D eigenvalue weighted by Crippen LogP contribution is -2.52. The highest BCUT2D eigenvalue weighted by Gasteiger charge is 2.31. The van der Waals surface area contributed by atoms with Crippen LogP contribution in [0.2, 0.25) is 0 Å². The summed E-state index contributed by atoms with van der Waals surface area (Å²) in [6.07, 6.45) is 1.27. The number of hydrogen-bond donors (Lipinski definition) is 1. The Labute approximate surface area is 207 Å². The van der Waals surface area contributed by atoms with Crippen molar-refractivity contribution in [2.45, 2.75) is 39.8 Å². The molecule has 0 aliphatic carbocycles. The number of benzene rings is 2. The molecule has 0 unspecified atom stereocenters. The summed E-state index contributed by atoms with van der Waals surface area (Å²) in [5, 5.41) is 2.86. The van der Waals surface area contributed by atoms with Gasteiger partial charge in [0.1, 0.15) is 24.2 Å². The minimum atomic E-state index is -3.92. The molecule has 0 aliphatic rings. The maximum absolute atomic E-state index is 13.8. The van der Waals surface area contributed by atoms with E-state index in [4.69, 9.17) is 4.74 Å². The van der Waals surface area contributed by atoms with E-state index in [1.54, 1.807) is 38.3 Å². The van der Waals surface area contributed by atoms with Crippen molar-refractivity contribution in [3.05, 3.63) is 59.9 Å². The average Bonchev–Trinajstić information content (AvgIpc) is 2.80. The van der Waals surface area contributed by atoms with Crippen molar-refractivity contribution in [2.75, 3.05) is 30.8 Å². The number of carbonyl (C=O) groups excluding carboxylic acids is 2. The van der Waals surface area contributed by atoms with Gasteiger partial charge in [-0.2, -0.15) is 0 Å². The largest absolute Gasteiger partial charge is 0.497 e. The van der Waals surface area contributed by atoms with Gasteiger partial charge in [-0.15, -0.1) is 0 Å². The van der Waals surface area contributed by atoms with Crippen LogP contribution in [0.4, 0.5) is 10.1 Å². The topological polar surface area (TPSA) is 96.0 Å². The van der Waals surface area contributed by atoms with E-state index < -0.39 is 34.3 Å². The predicted octanol–water partition coefficient (Wildman–Crippen LogP) is 3.18. The molecule has 2 rings (SSSR count). The molecule has 0 aromatic heterocycles. The van der Waals surface area contributed by atoms with Crippen LogP contribution >= 0.6 is 0 Å². The monoisotopic (exact) mass is 507 g/mol. The van der Waals surface area contributed by atoms with Gasteiger partial charge in [0.2, 0.25) is 21.8 Å². The maximum atomic E-state index is 13.8. The Hall–Kier alpha value is -3.14. The molecule has 2 amide bonds. The van der Waals surface area contributed by atoms with Crippen molar-refractivity contribution in [1.29, 1.82) is 0 Å². The maximum Gasteiger partial charge on any atom is 0.244 e. The highest BCUT2D eigenvalue weighted by molar-refractivity contribution is 7.92. The molecule has 0 saturated heterocycles. The standard InChI is InChI=1S/C25H34FN3O5S/c1-6-23(25(31)27-15-18(2)3)28(16-19-10-12-22(34-4)13-11-19)24(30)17-29(35(5,32)33)21-9-7-8-20(26)14-21/h7-14,18,23H,6,15-17H2,1-5H3,(H,27,31)/t23-/m0/s1. The molecular weight excluding hydrogens is 473 g/mol. The van der Waals surface area contributed by atoms with E-state index in [2.05, 4.69) is 5.32 Å². The van der Waals surface area contributed by atoms with Gasteiger partial charge in [0, 0.05) is 13.1 Å². The molecule has 0 heterocycles. The van der Waals surface area contributed by atoms with Crippen molar-refractivity contribution >= 4 is 27.5 Å². The number of rotatable bonds is 12. The van der Waals surface area contributed by atoms with Crippen LogP contribution < -0.4 is 14.4 Å². The number of halogens is 1. The molecule has 192 valence electrons. The molecule has 0 bridgehead atoms. The van der Waals surface area contributed by atoms with Gasteiger partial charge in [0.25, 0.3) is 0 Å². The van der Waals surface area contributed by atoms with Crippen molar-refractivity contribution in [3.63, 3.8) is 0 Å². The first-order valence-electron chi connectivity index (χ1n) is 11.4. The van der Waals surface area contributed by atoms with Gasteiger partial charge in [0.15, 0.2) is 0 Å². The van der Waals surface area contributed by atoms with Crippen LogP contribution in [0, 0.1) is 11.7 Å². The van der Waals surface area contributed by atoms with Crippen molar-refractivity contribution < 1.29 is 27.1 Å². The van der Waals surface area contributed by atoms with E-state index in [-0.39, 0.29) is 24.1 Å². The molecular formula is C25H34FN3O5S. The smallest absolute Gasteiger partial charge is 0.244 e. The Bertz CT molecular complexity index is 1110. The van der Waals surface area contributed by atoms with Crippen molar-refractivity contribution in [1.82, 2.24) is 10.2 Å². The first-order valence-corrected chi connectivity index (χ1v) is 13.2. The Morgan fingerprint density at radius 3 is 2.29 bits per heavy atom. The van der Waals surface area contributed by atoms with Gasteiger partial charge >= 0.3 is 0 Å². The lowest BCUT2D eigenvalue weighted by Gasteiger charge is -2.33. The number of hydrogen-bond acceptors (Lipinski definition) is 5. The number of methoxy groups -OCH3 is 1. The Balaban J connectivity index is 2.41. The quantitative estimate of drug-likeness (QED) is 0.476. The van der Waals surface area contributed by atoms with Crippen LogP contribution in [0.1, 0.15) is 32.8 Å². The van der Waals surface area contributed by atoms with Gasteiger partial charge in [0.05, 0.1) is 19.1 Å². The second kappa shape index (κ2) is 12.5. The van der Waals surface area contributed by atoms with E-state index in [1.807, 2.05) is 13.8 Å². The third-order valence-corrected chi connectivity index (χ3v) is 6.50. The Morgan fingerprint density at radius 1 is 1.11 bits per heavy atom. The zero-order chi connectivity index (χ0) is 26.2. The molecule has 8 nitrogen and oxygen atoms in total. The summed E-state index contributed by atoms with van der Waals surface area (Å²) in [5.41, 5.74) is 0.772. The zero-order valence-corrected chi connectivity index (χ0v) is 21.6. The van der Waals surface area contributed by atoms with E-state index in [9.17, 15) is 22.4 Å². The molecule has 10 heteroatoms. The molecule has 0 fully saturated rings. The summed E-state index contributed by atoms with van der Waals surface area (Å²) in [4.78, 5) is 27.9. The number of ether oxygens (including phenoxy) is 1. The van der Waals surface area contributed by atoms with Gasteiger partial charge in [-0.05, 0) is 48.2 Å². The average molecular weight is 508 g/mol. The van der Waals surface area contributed by atoms with E-state index in [1.165, 1.54) is 23.1 Å². The van der Waals surface area contributed by atoms with E-state index in [0.717, 1.165) is 22.2 Å². The second-order valence-corrected chi connectivity index (χ2v) is 10.6. The fourth-order valence-corrected chi connectivity index (χ4v) is 4.36. The van der Waals surface area contributed by atoms with Gasteiger partial charge in [-0.3, -0.25) is 13.9 Å². The van der Waals surface area contributed by atoms with Crippen LogP contribution in [-0.4, -0.2) is 57.6 Å². The number of amides is 2. The molecule has 0 aliphatic heterocycles. The van der Waals surface area contributed by atoms with E-state index in [0.29, 0.717) is 18.7 Å². The SMILES string of the molecule is CC[C@@H](C(=O)NCC(C)C)N(Cc1ccc(OC)cc1)C(=O)CN(c1cccc(F)c1)S(C)(=O)=O. The summed E-state index contributed by atoms with van der Waals surface area (Å²) in [6.45, 7) is 5.66. The Kier molecular flexibility index (Phi) is 10.1. The van der Waals surface area contributed by atoms with Crippen LogP contribution in [0.3, 0.4) is 0 Å². The summed E-state index contributed by atoms with van der Waals surface area (Å²) < 4.78 is 44.9. The van der Waals surface area contributed by atoms with Crippen molar-refractivity contribution in [3.8, 4) is 5.75 Å². The van der Waals surface area contributed by atoms with Crippen LogP contribution in [0.5, 0.6) is 5.75 Å². The molecule has 2 aromatic carbocycles. The lowest BCUT2D eigenvalue weighted by atomic mass is 10.1. The molecule has 0 radical (unpaired) electrons. The fraction of sp³-hybridized carbons (Fsp3) is 0.440. The third-order valence-electron chi connectivity index (χ3n) is 5.36. The number of sulfonamides is 1.